The minimum absolute atomic E-state index is 0.0210. The Balaban J connectivity index is 2.60. The van der Waals surface area contributed by atoms with Gasteiger partial charge >= 0.3 is 5.97 Å². The van der Waals surface area contributed by atoms with Crippen molar-refractivity contribution in [2.45, 2.75) is 6.92 Å². The van der Waals surface area contributed by atoms with Crippen molar-refractivity contribution >= 4 is 17.6 Å². The number of halogens is 1. The van der Waals surface area contributed by atoms with E-state index in [0.717, 1.165) is 5.56 Å². The second-order valence-electron chi connectivity index (χ2n) is 3.40. The van der Waals surface area contributed by atoms with Gasteiger partial charge in [-0.1, -0.05) is 23.7 Å². The van der Waals surface area contributed by atoms with Gasteiger partial charge in [0.2, 0.25) is 0 Å². The third kappa shape index (κ3) is 1.79. The molecule has 1 heterocycles. The molecule has 0 spiro atoms. The van der Waals surface area contributed by atoms with Crippen LogP contribution in [0.3, 0.4) is 0 Å². The molecule has 1 N–H and O–H groups in total. The zero-order chi connectivity index (χ0) is 11.7. The van der Waals surface area contributed by atoms with Crippen molar-refractivity contribution in [3.63, 3.8) is 0 Å². The van der Waals surface area contributed by atoms with Gasteiger partial charge in [-0.05, 0) is 24.6 Å². The quantitative estimate of drug-likeness (QED) is 0.872. The smallest absolute Gasteiger partial charge is 0.356 e. The molecule has 0 amide bonds. The summed E-state index contributed by atoms with van der Waals surface area (Å²) in [6.07, 6.45) is 1.33. The third-order valence-corrected chi connectivity index (χ3v) is 2.45. The molecule has 0 radical (unpaired) electrons. The Labute approximate surface area is 97.1 Å². The minimum Gasteiger partial charge on any atom is -0.476 e. The summed E-state index contributed by atoms with van der Waals surface area (Å²) in [5, 5.41) is 13.1. The minimum atomic E-state index is -1.09. The first-order valence-corrected chi connectivity index (χ1v) is 5.01. The van der Waals surface area contributed by atoms with Crippen LogP contribution in [0.25, 0.3) is 5.69 Å². The topological polar surface area (TPSA) is 55.1 Å². The molecule has 2 aromatic rings. The molecular weight excluding hydrogens is 228 g/mol. The van der Waals surface area contributed by atoms with Crippen molar-refractivity contribution in [3.05, 3.63) is 46.7 Å². The van der Waals surface area contributed by atoms with Crippen LogP contribution in [-0.4, -0.2) is 20.9 Å². The van der Waals surface area contributed by atoms with E-state index in [-0.39, 0.29) is 10.7 Å². The molecule has 0 fully saturated rings. The first-order chi connectivity index (χ1) is 7.59. The molecule has 0 bridgehead atoms. The van der Waals surface area contributed by atoms with Crippen LogP contribution in [-0.2, 0) is 0 Å². The maximum atomic E-state index is 11.0. The third-order valence-electron chi connectivity index (χ3n) is 2.17. The zero-order valence-electron chi connectivity index (χ0n) is 8.51. The number of carboxylic acid groups (broad SMARTS) is 1. The molecule has 1 aromatic carbocycles. The highest BCUT2D eigenvalue weighted by molar-refractivity contribution is 6.33. The van der Waals surface area contributed by atoms with Gasteiger partial charge in [-0.15, -0.1) is 0 Å². The predicted octanol–water partition coefficient (Wildman–Crippen LogP) is 2.53. The monoisotopic (exact) mass is 236 g/mol. The van der Waals surface area contributed by atoms with Gasteiger partial charge < -0.3 is 5.11 Å². The molecule has 16 heavy (non-hydrogen) atoms. The van der Waals surface area contributed by atoms with Gasteiger partial charge in [0, 0.05) is 0 Å². The molecule has 0 aliphatic carbocycles. The van der Waals surface area contributed by atoms with Crippen LogP contribution in [0.4, 0.5) is 0 Å². The lowest BCUT2D eigenvalue weighted by Gasteiger charge is -2.05. The molecular formula is C11H9ClN2O2. The zero-order valence-corrected chi connectivity index (χ0v) is 9.27. The van der Waals surface area contributed by atoms with E-state index in [1.54, 1.807) is 6.07 Å². The number of hydrogen-bond acceptors (Lipinski definition) is 2. The number of carboxylic acids is 1. The highest BCUT2D eigenvalue weighted by atomic mass is 35.5. The fraction of sp³-hybridized carbons (Fsp3) is 0.0909. The van der Waals surface area contributed by atoms with Crippen molar-refractivity contribution in [1.82, 2.24) is 9.78 Å². The van der Waals surface area contributed by atoms with Gasteiger partial charge in [0.05, 0.1) is 16.9 Å². The number of aryl methyl sites for hydroxylation is 1. The number of carbonyl (C=O) groups is 1. The van der Waals surface area contributed by atoms with Gasteiger partial charge in [0.1, 0.15) is 0 Å². The molecule has 0 unspecified atom stereocenters. The fourth-order valence-electron chi connectivity index (χ4n) is 1.48. The first-order valence-electron chi connectivity index (χ1n) is 4.63. The van der Waals surface area contributed by atoms with E-state index in [1.807, 2.05) is 25.1 Å². The van der Waals surface area contributed by atoms with Crippen molar-refractivity contribution in [3.8, 4) is 5.69 Å². The maximum Gasteiger partial charge on any atom is 0.356 e. The predicted molar refractivity (Wildman–Crippen MR) is 60.3 cm³/mol. The summed E-state index contributed by atoms with van der Waals surface area (Å²) in [6, 6.07) is 7.39. The van der Waals surface area contributed by atoms with E-state index in [4.69, 9.17) is 16.7 Å². The lowest BCUT2D eigenvalue weighted by molar-refractivity contribution is 0.0687. The van der Waals surface area contributed by atoms with Crippen LogP contribution in [0.2, 0.25) is 5.02 Å². The second-order valence-corrected chi connectivity index (χ2v) is 3.80. The Morgan fingerprint density at radius 2 is 2.25 bits per heavy atom. The summed E-state index contributed by atoms with van der Waals surface area (Å²) in [5.74, 6) is -1.09. The molecule has 2 rings (SSSR count). The molecule has 0 saturated heterocycles. The van der Waals surface area contributed by atoms with Crippen molar-refractivity contribution in [1.29, 1.82) is 0 Å². The summed E-state index contributed by atoms with van der Waals surface area (Å²) < 4.78 is 1.32. The van der Waals surface area contributed by atoms with Gasteiger partial charge in [-0.2, -0.15) is 5.10 Å². The van der Waals surface area contributed by atoms with E-state index < -0.39 is 5.97 Å². The molecule has 0 aliphatic rings. The average molecular weight is 237 g/mol. The van der Waals surface area contributed by atoms with Crippen molar-refractivity contribution in [2.75, 3.05) is 0 Å². The summed E-state index contributed by atoms with van der Waals surface area (Å²) in [6.45, 7) is 1.93. The van der Waals surface area contributed by atoms with Crippen molar-refractivity contribution < 1.29 is 9.90 Å². The SMILES string of the molecule is Cc1cccc(-n2ncc(Cl)c2C(=O)O)c1. The Hall–Kier alpha value is -1.81. The summed E-state index contributed by atoms with van der Waals surface area (Å²) in [7, 11) is 0. The highest BCUT2D eigenvalue weighted by Crippen LogP contribution is 2.19. The summed E-state index contributed by atoms with van der Waals surface area (Å²) in [5.41, 5.74) is 1.69. The lowest BCUT2D eigenvalue weighted by atomic mass is 10.2. The normalized spacial score (nSPS) is 10.4. The number of benzene rings is 1. The van der Waals surface area contributed by atoms with E-state index in [2.05, 4.69) is 5.10 Å². The Kier molecular flexibility index (Phi) is 2.66. The van der Waals surface area contributed by atoms with Crippen LogP contribution in [0.1, 0.15) is 16.1 Å². The summed E-state index contributed by atoms with van der Waals surface area (Å²) in [4.78, 5) is 11.0. The van der Waals surface area contributed by atoms with Gasteiger partial charge in [0.25, 0.3) is 0 Å². The number of rotatable bonds is 2. The van der Waals surface area contributed by atoms with Crippen LogP contribution in [0, 0.1) is 6.92 Å². The molecule has 0 atom stereocenters. The first kappa shape index (κ1) is 10.7. The molecule has 0 aliphatic heterocycles. The maximum absolute atomic E-state index is 11.0. The van der Waals surface area contributed by atoms with Crippen LogP contribution < -0.4 is 0 Å². The molecule has 0 saturated carbocycles. The Morgan fingerprint density at radius 1 is 1.50 bits per heavy atom. The van der Waals surface area contributed by atoms with E-state index >= 15 is 0 Å². The van der Waals surface area contributed by atoms with Gasteiger partial charge in [-0.25, -0.2) is 9.48 Å². The number of aromatic carboxylic acids is 1. The number of nitrogens with zero attached hydrogens (tertiary/aromatic N) is 2. The lowest BCUT2D eigenvalue weighted by Crippen LogP contribution is -2.08. The number of aromatic nitrogens is 2. The second kappa shape index (κ2) is 3.98. The van der Waals surface area contributed by atoms with Crippen LogP contribution >= 0.6 is 11.6 Å². The molecule has 5 heteroatoms. The van der Waals surface area contributed by atoms with Gasteiger partial charge in [0.15, 0.2) is 5.69 Å². The number of hydrogen-bond donors (Lipinski definition) is 1. The molecule has 4 nitrogen and oxygen atoms in total. The van der Waals surface area contributed by atoms with Crippen LogP contribution in [0.15, 0.2) is 30.5 Å². The molecule has 1 aromatic heterocycles. The average Bonchev–Trinajstić information content (AvgIpc) is 2.60. The standard InChI is InChI=1S/C11H9ClN2O2/c1-7-3-2-4-8(5-7)14-10(11(15)16)9(12)6-13-14/h2-6H,1H3,(H,15,16). The fourth-order valence-corrected chi connectivity index (χ4v) is 1.68. The Morgan fingerprint density at radius 3 is 2.88 bits per heavy atom. The van der Waals surface area contributed by atoms with E-state index in [1.165, 1.54) is 10.9 Å². The highest BCUT2D eigenvalue weighted by Gasteiger charge is 2.17. The Bertz CT molecular complexity index is 549. The summed E-state index contributed by atoms with van der Waals surface area (Å²) >= 11 is 5.77. The largest absolute Gasteiger partial charge is 0.476 e. The van der Waals surface area contributed by atoms with Crippen LogP contribution in [0.5, 0.6) is 0 Å². The van der Waals surface area contributed by atoms with Crippen molar-refractivity contribution in [2.24, 2.45) is 0 Å². The van der Waals surface area contributed by atoms with Gasteiger partial charge in [-0.3, -0.25) is 0 Å². The van der Waals surface area contributed by atoms with E-state index in [9.17, 15) is 4.79 Å². The van der Waals surface area contributed by atoms with E-state index in [0.29, 0.717) is 5.69 Å². The molecule has 82 valence electrons.